The quantitative estimate of drug-likeness (QED) is 0.367. The Hall–Kier alpha value is -1.80. The monoisotopic (exact) mass is 495 g/mol. The van der Waals surface area contributed by atoms with E-state index in [2.05, 4.69) is 59.8 Å². The standard InChI is InChI=1S/C22H29N3O2.HI/c1-22(2)13-19(18-10-5-6-11-20(18)27-22)25-21(23-3)24-14-16-8-7-9-17(12-16)15-26-4;/h5-12,19H,13-15H2,1-4H3,(H2,23,24,25);1H. The fourth-order valence-corrected chi connectivity index (χ4v) is 3.47. The van der Waals surface area contributed by atoms with Crippen molar-refractivity contribution in [3.05, 3.63) is 65.2 Å². The molecule has 3 rings (SSSR count). The minimum Gasteiger partial charge on any atom is -0.487 e. The van der Waals surface area contributed by atoms with E-state index in [0.717, 1.165) is 18.1 Å². The fourth-order valence-electron chi connectivity index (χ4n) is 3.47. The number of hydrogen-bond acceptors (Lipinski definition) is 3. The second-order valence-electron chi connectivity index (χ2n) is 7.48. The summed E-state index contributed by atoms with van der Waals surface area (Å²) in [4.78, 5) is 4.41. The third kappa shape index (κ3) is 5.85. The van der Waals surface area contributed by atoms with Crippen LogP contribution in [0.15, 0.2) is 53.5 Å². The van der Waals surface area contributed by atoms with Gasteiger partial charge in [-0.3, -0.25) is 4.99 Å². The molecule has 5 nitrogen and oxygen atoms in total. The van der Waals surface area contributed by atoms with Gasteiger partial charge in [0, 0.05) is 32.7 Å². The summed E-state index contributed by atoms with van der Waals surface area (Å²) in [6, 6.07) is 16.7. The largest absolute Gasteiger partial charge is 0.487 e. The summed E-state index contributed by atoms with van der Waals surface area (Å²) in [6.07, 6.45) is 0.869. The molecule has 0 fully saturated rings. The highest BCUT2D eigenvalue weighted by atomic mass is 127. The lowest BCUT2D eigenvalue weighted by molar-refractivity contribution is 0.0694. The molecule has 1 atom stereocenters. The van der Waals surface area contributed by atoms with Gasteiger partial charge in [0.1, 0.15) is 11.4 Å². The van der Waals surface area contributed by atoms with E-state index in [1.807, 2.05) is 18.2 Å². The first-order valence-electron chi connectivity index (χ1n) is 9.32. The Morgan fingerprint density at radius 2 is 1.93 bits per heavy atom. The van der Waals surface area contributed by atoms with E-state index >= 15 is 0 Å². The summed E-state index contributed by atoms with van der Waals surface area (Å²) in [7, 11) is 3.51. The van der Waals surface area contributed by atoms with E-state index in [4.69, 9.17) is 9.47 Å². The number of guanidine groups is 1. The number of ether oxygens (including phenoxy) is 2. The van der Waals surface area contributed by atoms with Crippen LogP contribution in [0, 0.1) is 0 Å². The molecule has 0 aromatic heterocycles. The second kappa shape index (κ2) is 10.1. The van der Waals surface area contributed by atoms with Crippen LogP contribution < -0.4 is 15.4 Å². The zero-order valence-corrected chi connectivity index (χ0v) is 19.3. The van der Waals surface area contributed by atoms with Gasteiger partial charge in [0.15, 0.2) is 5.96 Å². The Balaban J connectivity index is 0.00000280. The molecular formula is C22H30IN3O2. The number of benzene rings is 2. The van der Waals surface area contributed by atoms with E-state index < -0.39 is 0 Å². The van der Waals surface area contributed by atoms with E-state index in [-0.39, 0.29) is 35.6 Å². The van der Waals surface area contributed by atoms with Crippen LogP contribution in [0.4, 0.5) is 0 Å². The van der Waals surface area contributed by atoms with Crippen molar-refractivity contribution < 1.29 is 9.47 Å². The summed E-state index contributed by atoms with van der Waals surface area (Å²) in [5, 5.41) is 6.98. The zero-order chi connectivity index (χ0) is 19.3. The third-order valence-electron chi connectivity index (χ3n) is 4.67. The molecule has 0 saturated heterocycles. The smallest absolute Gasteiger partial charge is 0.191 e. The molecule has 1 aliphatic heterocycles. The van der Waals surface area contributed by atoms with Crippen LogP contribution in [-0.4, -0.2) is 25.7 Å². The van der Waals surface area contributed by atoms with Crippen LogP contribution in [0.25, 0.3) is 0 Å². The normalized spacial score (nSPS) is 17.7. The zero-order valence-electron chi connectivity index (χ0n) is 17.0. The molecule has 0 amide bonds. The number of para-hydroxylation sites is 1. The average molecular weight is 495 g/mol. The average Bonchev–Trinajstić information content (AvgIpc) is 2.64. The topological polar surface area (TPSA) is 54.9 Å². The van der Waals surface area contributed by atoms with Crippen molar-refractivity contribution in [3.63, 3.8) is 0 Å². The van der Waals surface area contributed by atoms with E-state index in [0.29, 0.717) is 13.2 Å². The highest BCUT2D eigenvalue weighted by Crippen LogP contribution is 2.39. The first kappa shape index (κ1) is 22.5. The summed E-state index contributed by atoms with van der Waals surface area (Å²) in [6.45, 7) is 5.56. The van der Waals surface area contributed by atoms with Crippen molar-refractivity contribution in [2.45, 2.75) is 45.1 Å². The van der Waals surface area contributed by atoms with Gasteiger partial charge in [-0.05, 0) is 31.0 Å². The maximum atomic E-state index is 6.12. The Morgan fingerprint density at radius 3 is 2.68 bits per heavy atom. The van der Waals surface area contributed by atoms with Crippen molar-refractivity contribution in [2.24, 2.45) is 4.99 Å². The first-order chi connectivity index (χ1) is 13.0. The van der Waals surface area contributed by atoms with E-state index in [9.17, 15) is 0 Å². The molecule has 0 spiro atoms. The molecule has 152 valence electrons. The molecule has 0 saturated carbocycles. The van der Waals surface area contributed by atoms with Crippen LogP contribution in [-0.2, 0) is 17.9 Å². The molecule has 28 heavy (non-hydrogen) atoms. The Morgan fingerprint density at radius 1 is 1.18 bits per heavy atom. The molecule has 0 aliphatic carbocycles. The van der Waals surface area contributed by atoms with Crippen LogP contribution >= 0.6 is 24.0 Å². The Bertz CT molecular complexity index is 808. The molecular weight excluding hydrogens is 465 g/mol. The van der Waals surface area contributed by atoms with Gasteiger partial charge < -0.3 is 20.1 Å². The van der Waals surface area contributed by atoms with Gasteiger partial charge in [-0.1, -0.05) is 42.5 Å². The van der Waals surface area contributed by atoms with Crippen LogP contribution in [0.2, 0.25) is 0 Å². The molecule has 2 N–H and O–H groups in total. The fraction of sp³-hybridized carbons (Fsp3) is 0.409. The van der Waals surface area contributed by atoms with Gasteiger partial charge in [0.05, 0.1) is 12.6 Å². The highest BCUT2D eigenvalue weighted by molar-refractivity contribution is 14.0. The molecule has 0 bridgehead atoms. The second-order valence-corrected chi connectivity index (χ2v) is 7.48. The van der Waals surface area contributed by atoms with Gasteiger partial charge in [-0.15, -0.1) is 24.0 Å². The molecule has 2 aromatic rings. The van der Waals surface area contributed by atoms with Crippen LogP contribution in [0.5, 0.6) is 5.75 Å². The lowest BCUT2D eigenvalue weighted by Gasteiger charge is -2.38. The summed E-state index contributed by atoms with van der Waals surface area (Å²) in [5.41, 5.74) is 3.31. The molecule has 1 aliphatic rings. The van der Waals surface area contributed by atoms with Crippen molar-refractivity contribution >= 4 is 29.9 Å². The number of methoxy groups -OCH3 is 1. The van der Waals surface area contributed by atoms with E-state index in [1.165, 1.54) is 16.7 Å². The maximum Gasteiger partial charge on any atom is 0.191 e. The summed E-state index contributed by atoms with van der Waals surface area (Å²) < 4.78 is 11.3. The molecule has 1 heterocycles. The minimum atomic E-state index is -0.223. The molecule has 2 aromatic carbocycles. The van der Waals surface area contributed by atoms with Gasteiger partial charge in [-0.2, -0.15) is 0 Å². The number of rotatable bonds is 5. The van der Waals surface area contributed by atoms with Gasteiger partial charge in [0.2, 0.25) is 0 Å². The SMILES string of the molecule is CN=C(NCc1cccc(COC)c1)NC1CC(C)(C)Oc2ccccc21.I. The van der Waals surface area contributed by atoms with Crippen molar-refractivity contribution in [1.29, 1.82) is 0 Å². The maximum absolute atomic E-state index is 6.12. The van der Waals surface area contributed by atoms with Gasteiger partial charge >= 0.3 is 0 Å². The lowest BCUT2D eigenvalue weighted by Crippen LogP contribution is -2.45. The van der Waals surface area contributed by atoms with Crippen molar-refractivity contribution in [1.82, 2.24) is 10.6 Å². The molecule has 6 heteroatoms. The van der Waals surface area contributed by atoms with Crippen LogP contribution in [0.1, 0.15) is 43.0 Å². The van der Waals surface area contributed by atoms with Gasteiger partial charge in [-0.25, -0.2) is 0 Å². The summed E-state index contributed by atoms with van der Waals surface area (Å²) >= 11 is 0. The third-order valence-corrected chi connectivity index (χ3v) is 4.67. The predicted octanol–water partition coefficient (Wildman–Crippen LogP) is 4.42. The predicted molar refractivity (Wildman–Crippen MR) is 124 cm³/mol. The number of hydrogen-bond donors (Lipinski definition) is 2. The number of fused-ring (bicyclic) bond motifs is 1. The lowest BCUT2D eigenvalue weighted by atomic mass is 9.90. The molecule has 0 radical (unpaired) electrons. The minimum absolute atomic E-state index is 0. The first-order valence-corrected chi connectivity index (χ1v) is 9.32. The number of nitrogens with zero attached hydrogens (tertiary/aromatic N) is 1. The highest BCUT2D eigenvalue weighted by Gasteiger charge is 2.33. The van der Waals surface area contributed by atoms with Gasteiger partial charge in [0.25, 0.3) is 0 Å². The Kier molecular flexibility index (Phi) is 8.12. The Labute approximate surface area is 184 Å². The number of halogens is 1. The summed E-state index contributed by atoms with van der Waals surface area (Å²) in [5.74, 6) is 1.72. The number of aliphatic imine (C=N–C) groups is 1. The van der Waals surface area contributed by atoms with E-state index in [1.54, 1.807) is 14.2 Å². The van der Waals surface area contributed by atoms with Crippen molar-refractivity contribution in [3.8, 4) is 5.75 Å². The molecule has 1 unspecified atom stereocenters. The number of nitrogens with one attached hydrogen (secondary N) is 2. The van der Waals surface area contributed by atoms with Crippen molar-refractivity contribution in [2.75, 3.05) is 14.2 Å². The van der Waals surface area contributed by atoms with Crippen LogP contribution in [0.3, 0.4) is 0 Å².